The minimum Gasteiger partial charge on any atom is -0.493 e. The van der Waals surface area contributed by atoms with Gasteiger partial charge in [0.05, 0.1) is 12.0 Å². The third kappa shape index (κ3) is 6.99. The molecule has 2 unspecified atom stereocenters. The van der Waals surface area contributed by atoms with Crippen molar-refractivity contribution < 1.29 is 14.3 Å². The second kappa shape index (κ2) is 11.9. The zero-order valence-electron chi connectivity index (χ0n) is 20.2. The van der Waals surface area contributed by atoms with Gasteiger partial charge in [-0.05, 0) is 68.6 Å². The maximum Gasteiger partial charge on any atom is 0.312 e. The number of carbonyl (C=O) groups is 1. The Bertz CT molecular complexity index is 659. The smallest absolute Gasteiger partial charge is 0.312 e. The standard InChI is InChI=1S/C28H44O3/c1-4-6-7-8-9-10-22-11-13-23(14-12-22)24-15-17-25(18-16-24)30-20-19-26-21-28(3,5-2)27(29)31-26/h15-18,22-23,26H,4-14,19-21H2,1-3H3. The van der Waals surface area contributed by atoms with Crippen LogP contribution in [0, 0.1) is 11.3 Å². The van der Waals surface area contributed by atoms with E-state index in [1.807, 2.05) is 6.92 Å². The van der Waals surface area contributed by atoms with Gasteiger partial charge in [0.15, 0.2) is 0 Å². The van der Waals surface area contributed by atoms with Gasteiger partial charge in [0.25, 0.3) is 0 Å². The predicted octanol–water partition coefficient (Wildman–Crippen LogP) is 7.82. The molecular weight excluding hydrogens is 384 g/mol. The number of hydrogen-bond acceptors (Lipinski definition) is 3. The second-order valence-corrected chi connectivity index (χ2v) is 10.3. The van der Waals surface area contributed by atoms with Gasteiger partial charge in [-0.2, -0.15) is 0 Å². The average Bonchev–Trinajstić information content (AvgIpc) is 3.08. The molecule has 1 saturated heterocycles. The van der Waals surface area contributed by atoms with Gasteiger partial charge >= 0.3 is 5.97 Å². The molecule has 0 bridgehead atoms. The molecule has 2 atom stereocenters. The van der Waals surface area contributed by atoms with Gasteiger partial charge in [0.2, 0.25) is 0 Å². The summed E-state index contributed by atoms with van der Waals surface area (Å²) in [5.74, 6) is 2.55. The highest BCUT2D eigenvalue weighted by Gasteiger charge is 2.43. The molecule has 0 radical (unpaired) electrons. The summed E-state index contributed by atoms with van der Waals surface area (Å²) < 4.78 is 11.5. The lowest BCUT2D eigenvalue weighted by Crippen LogP contribution is -2.20. The molecule has 174 valence electrons. The van der Waals surface area contributed by atoms with Gasteiger partial charge in [0, 0.05) is 12.8 Å². The number of hydrogen-bond donors (Lipinski definition) is 0. The van der Waals surface area contributed by atoms with Gasteiger partial charge in [-0.25, -0.2) is 0 Å². The number of carbonyl (C=O) groups excluding carboxylic acids is 1. The van der Waals surface area contributed by atoms with E-state index in [-0.39, 0.29) is 17.5 Å². The molecule has 0 N–H and O–H groups in total. The molecule has 2 fully saturated rings. The highest BCUT2D eigenvalue weighted by molar-refractivity contribution is 5.78. The van der Waals surface area contributed by atoms with Crippen LogP contribution in [-0.4, -0.2) is 18.7 Å². The minimum absolute atomic E-state index is 0.00134. The third-order valence-corrected chi connectivity index (χ3v) is 7.85. The summed E-state index contributed by atoms with van der Waals surface area (Å²) in [5, 5.41) is 0. The molecule has 3 heteroatoms. The Hall–Kier alpha value is -1.51. The summed E-state index contributed by atoms with van der Waals surface area (Å²) in [6.45, 7) is 6.95. The molecule has 1 aliphatic heterocycles. The highest BCUT2D eigenvalue weighted by Crippen LogP contribution is 2.39. The molecule has 2 aliphatic rings. The Labute approximate surface area is 190 Å². The zero-order chi connectivity index (χ0) is 22.1. The molecular formula is C28H44O3. The van der Waals surface area contributed by atoms with Crippen molar-refractivity contribution >= 4 is 5.97 Å². The van der Waals surface area contributed by atoms with Crippen molar-refractivity contribution in [1.82, 2.24) is 0 Å². The van der Waals surface area contributed by atoms with E-state index in [1.165, 1.54) is 69.8 Å². The summed E-state index contributed by atoms with van der Waals surface area (Å²) in [5.41, 5.74) is 1.16. The second-order valence-electron chi connectivity index (χ2n) is 10.3. The normalized spacial score (nSPS) is 28.5. The van der Waals surface area contributed by atoms with Gasteiger partial charge in [-0.1, -0.05) is 64.5 Å². The molecule has 0 spiro atoms. The predicted molar refractivity (Wildman–Crippen MR) is 128 cm³/mol. The maximum absolute atomic E-state index is 12.0. The Morgan fingerprint density at radius 3 is 2.32 bits per heavy atom. The fourth-order valence-corrected chi connectivity index (χ4v) is 5.34. The number of ether oxygens (including phenoxy) is 2. The minimum atomic E-state index is -0.305. The van der Waals surface area contributed by atoms with Crippen molar-refractivity contribution in [3.8, 4) is 5.75 Å². The molecule has 1 aliphatic carbocycles. The summed E-state index contributed by atoms with van der Waals surface area (Å²) in [7, 11) is 0. The summed E-state index contributed by atoms with van der Waals surface area (Å²) >= 11 is 0. The number of cyclic esters (lactones) is 1. The molecule has 31 heavy (non-hydrogen) atoms. The quantitative estimate of drug-likeness (QED) is 0.251. The van der Waals surface area contributed by atoms with E-state index in [0.29, 0.717) is 6.61 Å². The number of benzene rings is 1. The third-order valence-electron chi connectivity index (χ3n) is 7.85. The van der Waals surface area contributed by atoms with E-state index in [0.717, 1.165) is 36.8 Å². The topological polar surface area (TPSA) is 35.5 Å². The van der Waals surface area contributed by atoms with Crippen LogP contribution in [0.3, 0.4) is 0 Å². The van der Waals surface area contributed by atoms with Crippen LogP contribution >= 0.6 is 0 Å². The van der Waals surface area contributed by atoms with E-state index in [4.69, 9.17) is 9.47 Å². The van der Waals surface area contributed by atoms with Gasteiger partial charge in [-0.15, -0.1) is 0 Å². The fraction of sp³-hybridized carbons (Fsp3) is 0.750. The molecule has 1 aromatic rings. The summed E-state index contributed by atoms with van der Waals surface area (Å²) in [6.07, 6.45) is 16.3. The summed E-state index contributed by atoms with van der Waals surface area (Å²) in [4.78, 5) is 12.0. The lowest BCUT2D eigenvalue weighted by Gasteiger charge is -2.29. The van der Waals surface area contributed by atoms with E-state index >= 15 is 0 Å². The van der Waals surface area contributed by atoms with Crippen LogP contribution < -0.4 is 4.74 Å². The van der Waals surface area contributed by atoms with Crippen LogP contribution in [0.1, 0.15) is 116 Å². The first-order valence-electron chi connectivity index (χ1n) is 13.0. The molecule has 1 saturated carbocycles. The Kier molecular flexibility index (Phi) is 9.29. The first-order chi connectivity index (χ1) is 15.0. The van der Waals surface area contributed by atoms with E-state index in [2.05, 4.69) is 38.1 Å². The molecule has 0 amide bonds. The average molecular weight is 429 g/mol. The number of unbranched alkanes of at least 4 members (excludes halogenated alkanes) is 4. The van der Waals surface area contributed by atoms with E-state index in [1.54, 1.807) is 0 Å². The Balaban J connectivity index is 1.34. The first kappa shape index (κ1) is 24.1. The van der Waals surface area contributed by atoms with Crippen LogP contribution in [0.2, 0.25) is 0 Å². The molecule has 3 nitrogen and oxygen atoms in total. The largest absolute Gasteiger partial charge is 0.493 e. The van der Waals surface area contributed by atoms with Crippen LogP contribution in [0.25, 0.3) is 0 Å². The SMILES string of the molecule is CCCCCCCC1CCC(c2ccc(OCCC3CC(C)(CC)C(=O)O3)cc2)CC1. The fourth-order valence-electron chi connectivity index (χ4n) is 5.34. The van der Waals surface area contributed by atoms with Crippen molar-refractivity contribution in [3.05, 3.63) is 29.8 Å². The molecule has 1 aromatic carbocycles. The molecule has 0 aromatic heterocycles. The van der Waals surface area contributed by atoms with Gasteiger partial charge < -0.3 is 9.47 Å². The van der Waals surface area contributed by atoms with E-state index in [9.17, 15) is 4.79 Å². The molecule has 3 rings (SSSR count). The van der Waals surface area contributed by atoms with Crippen molar-refractivity contribution in [2.24, 2.45) is 11.3 Å². The lowest BCUT2D eigenvalue weighted by atomic mass is 9.77. The number of rotatable bonds is 12. The lowest BCUT2D eigenvalue weighted by molar-refractivity contribution is -0.148. The van der Waals surface area contributed by atoms with Crippen molar-refractivity contribution in [3.63, 3.8) is 0 Å². The summed E-state index contributed by atoms with van der Waals surface area (Å²) in [6, 6.07) is 8.75. The first-order valence-corrected chi connectivity index (χ1v) is 13.0. The van der Waals surface area contributed by atoms with Gasteiger partial charge in [0.1, 0.15) is 11.9 Å². The van der Waals surface area contributed by atoms with Crippen molar-refractivity contribution in [1.29, 1.82) is 0 Å². The van der Waals surface area contributed by atoms with Crippen LogP contribution in [-0.2, 0) is 9.53 Å². The monoisotopic (exact) mass is 428 g/mol. The number of esters is 1. The highest BCUT2D eigenvalue weighted by atomic mass is 16.6. The van der Waals surface area contributed by atoms with E-state index < -0.39 is 0 Å². The Morgan fingerprint density at radius 1 is 0.968 bits per heavy atom. The van der Waals surface area contributed by atoms with Crippen molar-refractivity contribution in [2.45, 2.75) is 116 Å². The van der Waals surface area contributed by atoms with Crippen LogP contribution in [0.5, 0.6) is 5.75 Å². The van der Waals surface area contributed by atoms with Crippen LogP contribution in [0.15, 0.2) is 24.3 Å². The maximum atomic E-state index is 12.0. The van der Waals surface area contributed by atoms with Crippen LogP contribution in [0.4, 0.5) is 0 Å². The Morgan fingerprint density at radius 2 is 1.68 bits per heavy atom. The zero-order valence-corrected chi connectivity index (χ0v) is 20.2. The van der Waals surface area contributed by atoms with Crippen molar-refractivity contribution in [2.75, 3.05) is 6.61 Å². The molecule has 1 heterocycles. The van der Waals surface area contributed by atoms with Gasteiger partial charge in [-0.3, -0.25) is 4.79 Å².